The molecule has 0 aromatic carbocycles. The van der Waals surface area contributed by atoms with Gasteiger partial charge in [0, 0.05) is 0 Å². The topological polar surface area (TPSA) is 58.9 Å². The van der Waals surface area contributed by atoms with Crippen molar-refractivity contribution >= 4 is 11.7 Å². The monoisotopic (exact) mass is 267 g/mol. The molecule has 0 saturated heterocycles. The standard InChI is InChI=1S/C15H25NO3/c1-13(2,3)19-12(17)11-14(4)6-7-15(11,5)9-10(8-14)16-18/h11,18H,6-9H2,1-5H3/b16-10-/t11?,14-,15+/m0/s1. The van der Waals surface area contributed by atoms with Gasteiger partial charge in [-0.2, -0.15) is 0 Å². The zero-order valence-electron chi connectivity index (χ0n) is 12.6. The molecule has 0 aliphatic heterocycles. The predicted molar refractivity (Wildman–Crippen MR) is 73.2 cm³/mol. The van der Waals surface area contributed by atoms with Crippen LogP contribution < -0.4 is 0 Å². The Morgan fingerprint density at radius 2 is 1.74 bits per heavy atom. The van der Waals surface area contributed by atoms with Crippen LogP contribution in [0.3, 0.4) is 0 Å². The van der Waals surface area contributed by atoms with Crippen LogP contribution in [0.1, 0.15) is 60.3 Å². The van der Waals surface area contributed by atoms with E-state index >= 15 is 0 Å². The Bertz CT molecular complexity index is 402. The van der Waals surface area contributed by atoms with Crippen LogP contribution in [0.5, 0.6) is 0 Å². The molecule has 19 heavy (non-hydrogen) atoms. The van der Waals surface area contributed by atoms with Crippen LogP contribution >= 0.6 is 0 Å². The van der Waals surface area contributed by atoms with Crippen LogP contribution in [-0.2, 0) is 9.53 Å². The van der Waals surface area contributed by atoms with Crippen molar-refractivity contribution in [2.45, 2.75) is 65.9 Å². The maximum absolute atomic E-state index is 12.6. The van der Waals surface area contributed by atoms with Gasteiger partial charge in [-0.25, -0.2) is 0 Å². The Labute approximate surface area is 115 Å². The molecule has 2 aliphatic rings. The molecule has 0 radical (unpaired) electrons. The van der Waals surface area contributed by atoms with Crippen molar-refractivity contribution in [1.29, 1.82) is 0 Å². The minimum atomic E-state index is -0.450. The van der Waals surface area contributed by atoms with Gasteiger partial charge in [-0.3, -0.25) is 4.79 Å². The normalized spacial score (nSPS) is 40.5. The fraction of sp³-hybridized carbons (Fsp3) is 0.867. The zero-order valence-corrected chi connectivity index (χ0v) is 12.6. The van der Waals surface area contributed by atoms with Gasteiger partial charge in [-0.1, -0.05) is 19.0 Å². The van der Waals surface area contributed by atoms with Crippen molar-refractivity contribution in [2.75, 3.05) is 0 Å². The first kappa shape index (κ1) is 14.4. The summed E-state index contributed by atoms with van der Waals surface area (Å²) in [5.74, 6) is -0.184. The summed E-state index contributed by atoms with van der Waals surface area (Å²) in [4.78, 5) is 12.6. The second-order valence-electron chi connectivity index (χ2n) is 7.79. The molecule has 0 spiro atoms. The molecule has 108 valence electrons. The van der Waals surface area contributed by atoms with Crippen LogP contribution in [0, 0.1) is 16.7 Å². The van der Waals surface area contributed by atoms with E-state index in [9.17, 15) is 4.79 Å². The highest BCUT2D eigenvalue weighted by Gasteiger charge is 2.60. The Morgan fingerprint density at radius 3 is 2.11 bits per heavy atom. The van der Waals surface area contributed by atoms with E-state index in [2.05, 4.69) is 19.0 Å². The van der Waals surface area contributed by atoms with Crippen LogP contribution in [0.25, 0.3) is 0 Å². The highest BCUT2D eigenvalue weighted by molar-refractivity contribution is 5.89. The lowest BCUT2D eigenvalue weighted by molar-refractivity contribution is -0.168. The number of rotatable bonds is 1. The fourth-order valence-electron chi connectivity index (χ4n) is 4.08. The molecule has 1 unspecified atom stereocenters. The van der Waals surface area contributed by atoms with Crippen molar-refractivity contribution in [1.82, 2.24) is 0 Å². The van der Waals surface area contributed by atoms with E-state index in [4.69, 9.17) is 9.94 Å². The molecule has 1 N–H and O–H groups in total. The quantitative estimate of drug-likeness (QED) is 0.450. The minimum absolute atomic E-state index is 0.0908. The summed E-state index contributed by atoms with van der Waals surface area (Å²) in [6.45, 7) is 9.96. The summed E-state index contributed by atoms with van der Waals surface area (Å²) in [6.07, 6.45) is 3.38. The first-order chi connectivity index (χ1) is 8.60. The number of carbonyl (C=O) groups is 1. The lowest BCUT2D eigenvalue weighted by atomic mass is 9.61. The van der Waals surface area contributed by atoms with Gasteiger partial charge in [0.05, 0.1) is 11.6 Å². The number of hydrogen-bond donors (Lipinski definition) is 1. The third kappa shape index (κ3) is 2.49. The van der Waals surface area contributed by atoms with Crippen LogP contribution in [0.15, 0.2) is 5.16 Å². The number of carbonyl (C=O) groups excluding carboxylic acids is 1. The first-order valence-corrected chi connectivity index (χ1v) is 7.02. The van der Waals surface area contributed by atoms with E-state index in [1.807, 2.05) is 20.8 Å². The van der Waals surface area contributed by atoms with Crippen LogP contribution in [0.2, 0.25) is 0 Å². The van der Waals surface area contributed by atoms with E-state index in [0.29, 0.717) is 12.8 Å². The van der Waals surface area contributed by atoms with Gasteiger partial charge in [0.1, 0.15) is 5.60 Å². The molecule has 4 heteroatoms. The predicted octanol–water partition coefficient (Wildman–Crippen LogP) is 3.37. The van der Waals surface area contributed by atoms with E-state index in [1.165, 1.54) is 0 Å². The summed E-state index contributed by atoms with van der Waals surface area (Å²) < 4.78 is 5.62. The van der Waals surface area contributed by atoms with Gasteiger partial charge >= 0.3 is 5.97 Å². The van der Waals surface area contributed by atoms with Crippen molar-refractivity contribution in [2.24, 2.45) is 21.9 Å². The molecule has 2 bridgehead atoms. The number of ether oxygens (including phenoxy) is 1. The van der Waals surface area contributed by atoms with Crippen molar-refractivity contribution in [3.8, 4) is 0 Å². The smallest absolute Gasteiger partial charge is 0.310 e. The Morgan fingerprint density at radius 1 is 1.26 bits per heavy atom. The van der Waals surface area contributed by atoms with E-state index in [-0.39, 0.29) is 22.7 Å². The minimum Gasteiger partial charge on any atom is -0.460 e. The SMILES string of the molecule is CC(C)(C)OC(=O)C1[C@@]2(C)CC[C@]1(C)C/C(=N\O)C2. The maximum Gasteiger partial charge on any atom is 0.310 e. The summed E-state index contributed by atoms with van der Waals surface area (Å²) in [7, 11) is 0. The fourth-order valence-corrected chi connectivity index (χ4v) is 4.08. The number of nitrogens with zero attached hydrogens (tertiary/aromatic N) is 1. The molecule has 0 amide bonds. The van der Waals surface area contributed by atoms with Gasteiger partial charge < -0.3 is 9.94 Å². The lowest BCUT2D eigenvalue weighted by Crippen LogP contribution is -2.46. The summed E-state index contributed by atoms with van der Waals surface area (Å²) >= 11 is 0. The molecule has 3 atom stereocenters. The number of oxime groups is 1. The highest BCUT2D eigenvalue weighted by Crippen LogP contribution is 2.61. The summed E-state index contributed by atoms with van der Waals surface area (Å²) in [6, 6.07) is 0. The molecule has 2 aliphatic carbocycles. The summed E-state index contributed by atoms with van der Waals surface area (Å²) in [5.41, 5.74) is 0.116. The molecule has 0 heterocycles. The molecule has 2 rings (SSSR count). The van der Waals surface area contributed by atoms with Gasteiger partial charge in [-0.15, -0.1) is 0 Å². The first-order valence-electron chi connectivity index (χ1n) is 7.02. The van der Waals surface area contributed by atoms with Crippen molar-refractivity contribution < 1.29 is 14.7 Å². The van der Waals surface area contributed by atoms with Gasteiger partial charge in [-0.05, 0) is 57.3 Å². The molecule has 2 fully saturated rings. The molecular formula is C15H25NO3. The Hall–Kier alpha value is -1.06. The van der Waals surface area contributed by atoms with Gasteiger partial charge in [0.25, 0.3) is 0 Å². The van der Waals surface area contributed by atoms with E-state index in [0.717, 1.165) is 18.6 Å². The largest absolute Gasteiger partial charge is 0.460 e. The average Bonchev–Trinajstić information content (AvgIpc) is 2.39. The van der Waals surface area contributed by atoms with Crippen LogP contribution in [-0.4, -0.2) is 22.5 Å². The third-order valence-electron chi connectivity index (χ3n) is 4.66. The number of fused-ring (bicyclic) bond motifs is 2. The number of hydrogen-bond acceptors (Lipinski definition) is 4. The highest BCUT2D eigenvalue weighted by atomic mass is 16.6. The maximum atomic E-state index is 12.6. The third-order valence-corrected chi connectivity index (χ3v) is 4.66. The number of esters is 1. The van der Waals surface area contributed by atoms with E-state index < -0.39 is 5.60 Å². The second kappa shape index (κ2) is 4.22. The van der Waals surface area contributed by atoms with Crippen molar-refractivity contribution in [3.05, 3.63) is 0 Å². The zero-order chi connectivity index (χ0) is 14.5. The average molecular weight is 267 g/mol. The molecule has 4 nitrogen and oxygen atoms in total. The molecular weight excluding hydrogens is 242 g/mol. The van der Waals surface area contributed by atoms with Gasteiger partial charge in [0.2, 0.25) is 0 Å². The van der Waals surface area contributed by atoms with Crippen LogP contribution in [0.4, 0.5) is 0 Å². The Kier molecular flexibility index (Phi) is 3.19. The van der Waals surface area contributed by atoms with Crippen molar-refractivity contribution in [3.63, 3.8) is 0 Å². The van der Waals surface area contributed by atoms with E-state index in [1.54, 1.807) is 0 Å². The summed E-state index contributed by atoms with van der Waals surface area (Å²) in [5, 5.41) is 12.5. The van der Waals surface area contributed by atoms with Gasteiger partial charge in [0.15, 0.2) is 0 Å². The molecule has 2 saturated carbocycles. The second-order valence-corrected chi connectivity index (χ2v) is 7.79. The molecule has 0 aromatic rings. The molecule has 0 aromatic heterocycles. The lowest BCUT2D eigenvalue weighted by Gasteiger charge is -2.43. The Balaban J connectivity index is 2.29.